The minimum atomic E-state index is 0.881. The van der Waals surface area contributed by atoms with Crippen LogP contribution in [-0.2, 0) is 4.74 Å². The van der Waals surface area contributed by atoms with E-state index >= 15 is 0 Å². The second-order valence-corrected chi connectivity index (χ2v) is 4.32. The van der Waals surface area contributed by atoms with Gasteiger partial charge in [0.05, 0.1) is 19.8 Å². The molecule has 0 aromatic rings. The van der Waals surface area contributed by atoms with Gasteiger partial charge in [-0.05, 0) is 24.8 Å². The molecule has 2 aliphatic rings. The molecule has 0 radical (unpaired) electrons. The summed E-state index contributed by atoms with van der Waals surface area (Å²) >= 11 is 0. The monoisotopic (exact) mass is 223 g/mol. The summed E-state index contributed by atoms with van der Waals surface area (Å²) in [7, 11) is 0. The lowest BCUT2D eigenvalue weighted by Gasteiger charge is -2.27. The molecule has 1 fully saturated rings. The van der Waals surface area contributed by atoms with Crippen molar-refractivity contribution in [3.05, 3.63) is 23.5 Å². The van der Waals surface area contributed by atoms with E-state index in [1.165, 1.54) is 11.3 Å². The van der Waals surface area contributed by atoms with Crippen LogP contribution in [0.1, 0.15) is 6.92 Å². The van der Waals surface area contributed by atoms with Crippen LogP contribution in [0.15, 0.2) is 23.5 Å². The van der Waals surface area contributed by atoms with Crippen molar-refractivity contribution < 1.29 is 4.74 Å². The molecule has 2 N–H and O–H groups in total. The van der Waals surface area contributed by atoms with Gasteiger partial charge in [0.15, 0.2) is 0 Å². The SMILES string of the molecule is CC1=CNCC(NCCN2CCOCC2)=C1. The number of hydrogen-bond donors (Lipinski definition) is 2. The number of hydrogen-bond acceptors (Lipinski definition) is 4. The summed E-state index contributed by atoms with van der Waals surface area (Å²) in [6.45, 7) is 9.04. The molecule has 0 aromatic carbocycles. The summed E-state index contributed by atoms with van der Waals surface area (Å²) in [5.74, 6) is 0. The molecule has 90 valence electrons. The number of nitrogens with one attached hydrogen (secondary N) is 2. The molecule has 2 rings (SSSR count). The highest BCUT2D eigenvalue weighted by Crippen LogP contribution is 2.03. The summed E-state index contributed by atoms with van der Waals surface area (Å²) in [4.78, 5) is 2.44. The largest absolute Gasteiger partial charge is 0.386 e. The summed E-state index contributed by atoms with van der Waals surface area (Å²) in [6.07, 6.45) is 4.25. The van der Waals surface area contributed by atoms with E-state index in [9.17, 15) is 0 Å². The van der Waals surface area contributed by atoms with Gasteiger partial charge in [-0.3, -0.25) is 4.90 Å². The predicted molar refractivity (Wildman–Crippen MR) is 65.1 cm³/mol. The first-order valence-corrected chi connectivity index (χ1v) is 5.99. The smallest absolute Gasteiger partial charge is 0.0594 e. The molecule has 0 unspecified atom stereocenters. The maximum atomic E-state index is 5.32. The van der Waals surface area contributed by atoms with Gasteiger partial charge in [-0.15, -0.1) is 0 Å². The predicted octanol–water partition coefficient (Wildman–Crippen LogP) is 0.299. The molecule has 0 spiro atoms. The van der Waals surface area contributed by atoms with E-state index in [2.05, 4.69) is 28.5 Å². The number of allylic oxidation sites excluding steroid dienone is 2. The van der Waals surface area contributed by atoms with Gasteiger partial charge in [-0.25, -0.2) is 0 Å². The molecular weight excluding hydrogens is 202 g/mol. The van der Waals surface area contributed by atoms with Crippen LogP contribution in [0.4, 0.5) is 0 Å². The fourth-order valence-electron chi connectivity index (χ4n) is 2.00. The normalized spacial score (nSPS) is 22.1. The maximum absolute atomic E-state index is 5.32. The summed E-state index contributed by atoms with van der Waals surface area (Å²) in [5, 5.41) is 6.72. The number of morpholine rings is 1. The second-order valence-electron chi connectivity index (χ2n) is 4.32. The zero-order chi connectivity index (χ0) is 11.2. The van der Waals surface area contributed by atoms with Crippen LogP contribution in [-0.4, -0.2) is 50.8 Å². The Bertz CT molecular complexity index is 280. The summed E-state index contributed by atoms with van der Waals surface area (Å²) < 4.78 is 5.32. The van der Waals surface area contributed by atoms with Crippen molar-refractivity contribution in [2.75, 3.05) is 45.9 Å². The Balaban J connectivity index is 1.65. The van der Waals surface area contributed by atoms with Gasteiger partial charge in [0, 0.05) is 31.9 Å². The quantitative estimate of drug-likeness (QED) is 0.719. The van der Waals surface area contributed by atoms with Crippen LogP contribution in [0, 0.1) is 0 Å². The second kappa shape index (κ2) is 5.92. The minimum absolute atomic E-state index is 0.881. The third-order valence-corrected chi connectivity index (χ3v) is 2.91. The molecule has 16 heavy (non-hydrogen) atoms. The summed E-state index contributed by atoms with van der Waals surface area (Å²) in [6, 6.07) is 0. The highest BCUT2D eigenvalue weighted by atomic mass is 16.5. The van der Waals surface area contributed by atoms with E-state index in [1.807, 2.05) is 6.20 Å². The number of rotatable bonds is 4. The molecular formula is C12H21N3O. The Morgan fingerprint density at radius 3 is 3.00 bits per heavy atom. The molecule has 4 nitrogen and oxygen atoms in total. The Labute approximate surface area is 97.3 Å². The first kappa shape index (κ1) is 11.5. The van der Waals surface area contributed by atoms with Crippen molar-refractivity contribution in [1.29, 1.82) is 0 Å². The third kappa shape index (κ3) is 3.54. The van der Waals surface area contributed by atoms with Crippen LogP contribution in [0.25, 0.3) is 0 Å². The number of ether oxygens (including phenoxy) is 1. The van der Waals surface area contributed by atoms with Gasteiger partial charge >= 0.3 is 0 Å². The Morgan fingerprint density at radius 2 is 2.25 bits per heavy atom. The average Bonchev–Trinajstić information content (AvgIpc) is 2.30. The van der Waals surface area contributed by atoms with Crippen LogP contribution in [0.2, 0.25) is 0 Å². The zero-order valence-corrected chi connectivity index (χ0v) is 9.96. The lowest BCUT2D eigenvalue weighted by molar-refractivity contribution is 0.0387. The van der Waals surface area contributed by atoms with Crippen LogP contribution < -0.4 is 10.6 Å². The van der Waals surface area contributed by atoms with E-state index in [4.69, 9.17) is 4.74 Å². The van der Waals surface area contributed by atoms with Gasteiger partial charge in [0.2, 0.25) is 0 Å². The van der Waals surface area contributed by atoms with Crippen LogP contribution >= 0.6 is 0 Å². The van der Waals surface area contributed by atoms with E-state index in [0.29, 0.717) is 0 Å². The fraction of sp³-hybridized carbons (Fsp3) is 0.667. The number of nitrogens with zero attached hydrogens (tertiary/aromatic N) is 1. The van der Waals surface area contributed by atoms with Crippen molar-refractivity contribution in [3.8, 4) is 0 Å². The first-order chi connectivity index (χ1) is 7.84. The third-order valence-electron chi connectivity index (χ3n) is 2.91. The van der Waals surface area contributed by atoms with E-state index in [1.54, 1.807) is 0 Å². The zero-order valence-electron chi connectivity index (χ0n) is 9.96. The van der Waals surface area contributed by atoms with E-state index < -0.39 is 0 Å². The molecule has 0 aromatic heterocycles. The average molecular weight is 223 g/mol. The highest BCUT2D eigenvalue weighted by molar-refractivity contribution is 5.25. The first-order valence-electron chi connectivity index (χ1n) is 5.99. The lowest BCUT2D eigenvalue weighted by atomic mass is 10.2. The van der Waals surface area contributed by atoms with Crippen molar-refractivity contribution in [2.24, 2.45) is 0 Å². The standard InChI is InChI=1S/C12H21N3O/c1-11-8-12(10-13-9-11)14-2-3-15-4-6-16-7-5-15/h8-9,13-14H,2-7,10H2,1H3. The molecule has 2 aliphatic heterocycles. The Morgan fingerprint density at radius 1 is 1.44 bits per heavy atom. The van der Waals surface area contributed by atoms with Gasteiger partial charge in [0.1, 0.15) is 0 Å². The van der Waals surface area contributed by atoms with Gasteiger partial charge in [0.25, 0.3) is 0 Å². The molecule has 2 heterocycles. The molecule has 4 heteroatoms. The molecule has 0 bridgehead atoms. The molecule has 1 saturated heterocycles. The Hall–Kier alpha value is -1.00. The summed E-state index contributed by atoms with van der Waals surface area (Å²) in [5.41, 5.74) is 2.56. The van der Waals surface area contributed by atoms with Crippen molar-refractivity contribution in [1.82, 2.24) is 15.5 Å². The maximum Gasteiger partial charge on any atom is 0.0594 e. The molecule has 0 atom stereocenters. The fourth-order valence-corrected chi connectivity index (χ4v) is 2.00. The Kier molecular flexibility index (Phi) is 4.25. The van der Waals surface area contributed by atoms with Gasteiger partial charge in [-0.2, -0.15) is 0 Å². The van der Waals surface area contributed by atoms with E-state index in [-0.39, 0.29) is 0 Å². The van der Waals surface area contributed by atoms with Gasteiger partial charge < -0.3 is 15.4 Å². The highest BCUT2D eigenvalue weighted by Gasteiger charge is 2.09. The van der Waals surface area contributed by atoms with E-state index in [0.717, 1.165) is 45.9 Å². The molecule has 0 amide bonds. The van der Waals surface area contributed by atoms with Crippen molar-refractivity contribution >= 4 is 0 Å². The molecule has 0 aliphatic carbocycles. The van der Waals surface area contributed by atoms with Crippen LogP contribution in [0.3, 0.4) is 0 Å². The lowest BCUT2D eigenvalue weighted by Crippen LogP contribution is -2.40. The van der Waals surface area contributed by atoms with Crippen molar-refractivity contribution in [3.63, 3.8) is 0 Å². The minimum Gasteiger partial charge on any atom is -0.386 e. The molecule has 0 saturated carbocycles. The topological polar surface area (TPSA) is 36.5 Å². The number of dihydropyridines is 1. The van der Waals surface area contributed by atoms with Crippen LogP contribution in [0.5, 0.6) is 0 Å². The van der Waals surface area contributed by atoms with Crippen molar-refractivity contribution in [2.45, 2.75) is 6.92 Å². The van der Waals surface area contributed by atoms with Gasteiger partial charge in [-0.1, -0.05) is 0 Å².